The van der Waals surface area contributed by atoms with E-state index in [2.05, 4.69) is 5.32 Å². The Kier molecular flexibility index (Phi) is 5.51. The molecule has 2 amide bonds. The summed E-state index contributed by atoms with van der Waals surface area (Å²) in [5.74, 6) is 0. The molecule has 144 valence electrons. The van der Waals surface area contributed by atoms with E-state index in [1.165, 1.54) is 6.07 Å². The van der Waals surface area contributed by atoms with Gasteiger partial charge < -0.3 is 15.1 Å². The molecule has 0 bridgehead atoms. The molecule has 1 heterocycles. The number of benzene rings is 2. The number of hydrogen-bond donors (Lipinski definition) is 1. The van der Waals surface area contributed by atoms with Crippen LogP contribution in [-0.4, -0.2) is 37.1 Å². The molecule has 2 aromatic carbocycles. The van der Waals surface area contributed by atoms with Gasteiger partial charge in [0.2, 0.25) is 0 Å². The van der Waals surface area contributed by atoms with Crippen LogP contribution in [0.1, 0.15) is 11.1 Å². The quantitative estimate of drug-likeness (QED) is 0.772. The Bertz CT molecular complexity index is 833. The van der Waals surface area contributed by atoms with Crippen molar-refractivity contribution in [3.8, 4) is 0 Å². The van der Waals surface area contributed by atoms with Gasteiger partial charge in [-0.05, 0) is 48.9 Å². The molecule has 1 fully saturated rings. The molecule has 0 spiro atoms. The maximum atomic E-state index is 12.9. The molecule has 27 heavy (non-hydrogen) atoms. The molecular formula is C19H19ClF3N3O. The first kappa shape index (κ1) is 19.4. The van der Waals surface area contributed by atoms with E-state index < -0.39 is 11.7 Å². The zero-order valence-electron chi connectivity index (χ0n) is 14.7. The summed E-state index contributed by atoms with van der Waals surface area (Å²) >= 11 is 5.92. The summed E-state index contributed by atoms with van der Waals surface area (Å²) in [5.41, 5.74) is 1.39. The lowest BCUT2D eigenvalue weighted by atomic mass is 10.1. The second-order valence-electron chi connectivity index (χ2n) is 6.41. The molecule has 1 aliphatic rings. The van der Waals surface area contributed by atoms with Crippen LogP contribution in [-0.2, 0) is 6.18 Å². The Hall–Kier alpha value is -2.41. The highest BCUT2D eigenvalue weighted by atomic mass is 35.5. The molecule has 0 atom stereocenters. The summed E-state index contributed by atoms with van der Waals surface area (Å²) in [7, 11) is 0. The number of rotatable bonds is 2. The maximum absolute atomic E-state index is 12.9. The number of aryl methyl sites for hydroxylation is 1. The second kappa shape index (κ2) is 7.68. The van der Waals surface area contributed by atoms with E-state index in [0.29, 0.717) is 42.6 Å². The predicted molar refractivity (Wildman–Crippen MR) is 100 cm³/mol. The molecule has 0 saturated carbocycles. The van der Waals surface area contributed by atoms with Gasteiger partial charge in [0, 0.05) is 42.6 Å². The van der Waals surface area contributed by atoms with Crippen LogP contribution >= 0.6 is 11.6 Å². The van der Waals surface area contributed by atoms with Crippen molar-refractivity contribution in [1.82, 2.24) is 4.90 Å². The molecule has 4 nitrogen and oxygen atoms in total. The number of urea groups is 1. The Balaban J connectivity index is 1.61. The largest absolute Gasteiger partial charge is 0.416 e. The minimum atomic E-state index is -4.37. The molecule has 1 saturated heterocycles. The number of halogens is 4. The number of amides is 2. The van der Waals surface area contributed by atoms with Gasteiger partial charge in [0.1, 0.15) is 0 Å². The van der Waals surface area contributed by atoms with Crippen molar-refractivity contribution in [2.24, 2.45) is 0 Å². The van der Waals surface area contributed by atoms with Gasteiger partial charge in [-0.2, -0.15) is 13.2 Å². The number of carbonyl (C=O) groups excluding carboxylic acids is 1. The van der Waals surface area contributed by atoms with Gasteiger partial charge in [-0.1, -0.05) is 17.7 Å². The zero-order valence-corrected chi connectivity index (χ0v) is 15.4. The van der Waals surface area contributed by atoms with Crippen LogP contribution < -0.4 is 10.2 Å². The Morgan fingerprint density at radius 1 is 1.07 bits per heavy atom. The van der Waals surface area contributed by atoms with Gasteiger partial charge >= 0.3 is 12.2 Å². The Morgan fingerprint density at radius 2 is 1.78 bits per heavy atom. The van der Waals surface area contributed by atoms with Crippen LogP contribution in [0.15, 0.2) is 42.5 Å². The van der Waals surface area contributed by atoms with Crippen molar-refractivity contribution in [2.75, 3.05) is 36.4 Å². The predicted octanol–water partition coefficient (Wildman–Crippen LogP) is 5.02. The zero-order chi connectivity index (χ0) is 19.6. The Morgan fingerprint density at radius 3 is 2.41 bits per heavy atom. The van der Waals surface area contributed by atoms with E-state index in [1.54, 1.807) is 29.2 Å². The van der Waals surface area contributed by atoms with Crippen LogP contribution in [0.5, 0.6) is 0 Å². The van der Waals surface area contributed by atoms with Gasteiger partial charge in [0.15, 0.2) is 0 Å². The number of carbonyl (C=O) groups is 1. The summed E-state index contributed by atoms with van der Waals surface area (Å²) in [4.78, 5) is 16.0. The van der Waals surface area contributed by atoms with Crippen molar-refractivity contribution < 1.29 is 18.0 Å². The van der Waals surface area contributed by atoms with Crippen molar-refractivity contribution in [3.63, 3.8) is 0 Å². The molecule has 0 radical (unpaired) electrons. The smallest absolute Gasteiger partial charge is 0.368 e. The van der Waals surface area contributed by atoms with Crippen molar-refractivity contribution in [2.45, 2.75) is 13.1 Å². The second-order valence-corrected chi connectivity index (χ2v) is 6.85. The number of hydrogen-bond acceptors (Lipinski definition) is 2. The molecule has 1 N–H and O–H groups in total. The Labute approximate surface area is 160 Å². The normalized spacial score (nSPS) is 15.0. The van der Waals surface area contributed by atoms with Crippen molar-refractivity contribution >= 4 is 29.0 Å². The third-order valence-corrected chi connectivity index (χ3v) is 4.77. The fourth-order valence-electron chi connectivity index (χ4n) is 3.01. The van der Waals surface area contributed by atoms with E-state index in [4.69, 9.17) is 11.6 Å². The van der Waals surface area contributed by atoms with E-state index in [-0.39, 0.29) is 6.03 Å². The standard InChI is InChI=1S/C19H19ClF3N3O/c1-13-11-15(20)5-6-17(13)24-18(27)26-9-7-25(8-10-26)16-4-2-3-14(12-16)19(21,22)23/h2-6,11-12H,7-10H2,1H3,(H,24,27). The fraction of sp³-hybridized carbons (Fsp3) is 0.316. The minimum Gasteiger partial charge on any atom is -0.368 e. The third kappa shape index (κ3) is 4.66. The van der Waals surface area contributed by atoms with Crippen LogP contribution in [0.4, 0.5) is 29.3 Å². The summed E-state index contributed by atoms with van der Waals surface area (Å²) in [6, 6.07) is 10.2. The lowest BCUT2D eigenvalue weighted by molar-refractivity contribution is -0.137. The number of piperazine rings is 1. The number of nitrogens with one attached hydrogen (secondary N) is 1. The molecule has 2 aromatic rings. The van der Waals surface area contributed by atoms with E-state index in [0.717, 1.165) is 17.7 Å². The van der Waals surface area contributed by atoms with Crippen LogP contribution in [0.2, 0.25) is 5.02 Å². The summed E-state index contributed by atoms with van der Waals surface area (Å²) in [5, 5.41) is 3.45. The number of alkyl halides is 3. The fourth-order valence-corrected chi connectivity index (χ4v) is 3.23. The van der Waals surface area contributed by atoms with E-state index in [9.17, 15) is 18.0 Å². The number of nitrogens with zero attached hydrogens (tertiary/aromatic N) is 2. The van der Waals surface area contributed by atoms with Crippen molar-refractivity contribution in [3.05, 3.63) is 58.6 Å². The lowest BCUT2D eigenvalue weighted by Crippen LogP contribution is -2.50. The molecule has 0 aromatic heterocycles. The highest BCUT2D eigenvalue weighted by Gasteiger charge is 2.31. The SMILES string of the molecule is Cc1cc(Cl)ccc1NC(=O)N1CCN(c2cccc(C(F)(F)F)c2)CC1. The third-order valence-electron chi connectivity index (χ3n) is 4.54. The van der Waals surface area contributed by atoms with Gasteiger partial charge in [0.05, 0.1) is 5.56 Å². The van der Waals surface area contributed by atoms with E-state index >= 15 is 0 Å². The first-order chi connectivity index (χ1) is 12.7. The molecule has 8 heteroatoms. The lowest BCUT2D eigenvalue weighted by Gasteiger charge is -2.36. The highest BCUT2D eigenvalue weighted by Crippen LogP contribution is 2.32. The van der Waals surface area contributed by atoms with Crippen LogP contribution in [0.25, 0.3) is 0 Å². The van der Waals surface area contributed by atoms with Gasteiger partial charge in [-0.3, -0.25) is 0 Å². The molecule has 0 aliphatic carbocycles. The van der Waals surface area contributed by atoms with Crippen LogP contribution in [0.3, 0.4) is 0 Å². The highest BCUT2D eigenvalue weighted by molar-refractivity contribution is 6.30. The van der Waals surface area contributed by atoms with Gasteiger partial charge in [-0.15, -0.1) is 0 Å². The maximum Gasteiger partial charge on any atom is 0.416 e. The van der Waals surface area contributed by atoms with Gasteiger partial charge in [0.25, 0.3) is 0 Å². The minimum absolute atomic E-state index is 0.232. The summed E-state index contributed by atoms with van der Waals surface area (Å²) in [6.07, 6.45) is -4.37. The summed E-state index contributed by atoms with van der Waals surface area (Å²) in [6.45, 7) is 3.64. The first-order valence-corrected chi connectivity index (χ1v) is 8.86. The van der Waals surface area contributed by atoms with Gasteiger partial charge in [-0.25, -0.2) is 4.79 Å². The molecular weight excluding hydrogens is 379 g/mol. The molecule has 1 aliphatic heterocycles. The average molecular weight is 398 g/mol. The molecule has 3 rings (SSSR count). The molecule has 0 unspecified atom stereocenters. The first-order valence-electron chi connectivity index (χ1n) is 8.48. The average Bonchev–Trinajstić information content (AvgIpc) is 2.63. The number of anilines is 2. The topological polar surface area (TPSA) is 35.6 Å². The van der Waals surface area contributed by atoms with E-state index in [1.807, 2.05) is 11.8 Å². The van der Waals surface area contributed by atoms with Crippen LogP contribution in [0, 0.1) is 6.92 Å². The summed E-state index contributed by atoms with van der Waals surface area (Å²) < 4.78 is 38.6. The van der Waals surface area contributed by atoms with Crippen molar-refractivity contribution in [1.29, 1.82) is 0 Å². The monoisotopic (exact) mass is 397 g/mol.